The van der Waals surface area contributed by atoms with Gasteiger partial charge in [0.25, 0.3) is 10.0 Å². The molecule has 0 spiro atoms. The zero-order valence-electron chi connectivity index (χ0n) is 16.4. The first kappa shape index (κ1) is 22.8. The van der Waals surface area contributed by atoms with Crippen LogP contribution in [0.1, 0.15) is 5.82 Å². The van der Waals surface area contributed by atoms with Gasteiger partial charge in [-0.1, -0.05) is 35.3 Å². The molecule has 1 N–H and O–H groups in total. The molecule has 0 unspecified atom stereocenters. The van der Waals surface area contributed by atoms with E-state index >= 15 is 0 Å². The van der Waals surface area contributed by atoms with Gasteiger partial charge in [0.15, 0.2) is 0 Å². The van der Waals surface area contributed by atoms with Gasteiger partial charge < -0.3 is 0 Å². The van der Waals surface area contributed by atoms with Gasteiger partial charge in [-0.3, -0.25) is 0 Å². The van der Waals surface area contributed by atoms with E-state index in [1.165, 1.54) is 48.5 Å². The van der Waals surface area contributed by atoms with E-state index in [2.05, 4.69) is 9.71 Å². The van der Waals surface area contributed by atoms with Gasteiger partial charge in [-0.25, -0.2) is 30.5 Å². The minimum absolute atomic E-state index is 0.0491. The summed E-state index contributed by atoms with van der Waals surface area (Å²) in [7, 11) is -7.78. The van der Waals surface area contributed by atoms with Crippen LogP contribution in [0.3, 0.4) is 0 Å². The van der Waals surface area contributed by atoms with Crippen LogP contribution < -0.4 is 4.72 Å². The fourth-order valence-corrected chi connectivity index (χ4v) is 5.98. The summed E-state index contributed by atoms with van der Waals surface area (Å²) in [6.07, 6.45) is 0.0499. The number of aromatic nitrogens is 2. The average molecular weight is 510 g/mol. The van der Waals surface area contributed by atoms with E-state index in [4.69, 9.17) is 23.2 Å². The molecule has 166 valence electrons. The van der Waals surface area contributed by atoms with E-state index in [9.17, 15) is 16.8 Å². The molecular weight excluding hydrogens is 493 g/mol. The van der Waals surface area contributed by atoms with E-state index in [1.54, 1.807) is 24.3 Å². The van der Waals surface area contributed by atoms with Crippen LogP contribution in [0.25, 0.3) is 11.0 Å². The number of fused-ring (bicyclic) bond motifs is 1. The van der Waals surface area contributed by atoms with Crippen LogP contribution in [0.5, 0.6) is 0 Å². The molecule has 1 aromatic heterocycles. The Kier molecular flexibility index (Phi) is 6.28. The fraction of sp³-hybridized carbons (Fsp3) is 0.0952. The predicted molar refractivity (Wildman–Crippen MR) is 124 cm³/mol. The molecule has 4 rings (SSSR count). The number of rotatable bonds is 7. The summed E-state index contributed by atoms with van der Waals surface area (Å²) in [4.78, 5) is 4.54. The maximum Gasteiger partial charge on any atom is 0.269 e. The highest BCUT2D eigenvalue weighted by molar-refractivity contribution is 7.90. The van der Waals surface area contributed by atoms with Gasteiger partial charge in [-0.2, -0.15) is 0 Å². The molecule has 0 atom stereocenters. The second-order valence-corrected chi connectivity index (χ2v) is 11.3. The second kappa shape index (κ2) is 8.84. The van der Waals surface area contributed by atoms with Gasteiger partial charge in [-0.05, 0) is 60.7 Å². The van der Waals surface area contributed by atoms with Crippen molar-refractivity contribution in [1.29, 1.82) is 0 Å². The zero-order valence-corrected chi connectivity index (χ0v) is 19.6. The monoisotopic (exact) mass is 509 g/mol. The quantitative estimate of drug-likeness (QED) is 0.404. The molecule has 0 bridgehead atoms. The number of hydrogen-bond acceptors (Lipinski definition) is 5. The summed E-state index contributed by atoms with van der Waals surface area (Å²) < 4.78 is 55.4. The molecule has 0 aliphatic heterocycles. The first-order valence-corrected chi connectivity index (χ1v) is 13.1. The molecule has 0 aliphatic carbocycles. The van der Waals surface area contributed by atoms with Crippen molar-refractivity contribution in [3.05, 3.63) is 88.7 Å². The number of benzene rings is 3. The van der Waals surface area contributed by atoms with Crippen molar-refractivity contribution in [1.82, 2.24) is 13.7 Å². The summed E-state index contributed by atoms with van der Waals surface area (Å²) in [6, 6.07) is 18.4. The maximum atomic E-state index is 13.4. The normalized spacial score (nSPS) is 12.3. The molecule has 32 heavy (non-hydrogen) atoms. The molecule has 0 radical (unpaired) electrons. The average Bonchev–Trinajstić information content (AvgIpc) is 3.13. The lowest BCUT2D eigenvalue weighted by Gasteiger charge is -2.11. The number of nitrogens with one attached hydrogen (secondary N) is 1. The van der Waals surface area contributed by atoms with Gasteiger partial charge in [0.2, 0.25) is 10.0 Å². The van der Waals surface area contributed by atoms with Crippen molar-refractivity contribution < 1.29 is 16.8 Å². The van der Waals surface area contributed by atoms with Crippen molar-refractivity contribution in [2.75, 3.05) is 6.54 Å². The molecule has 0 amide bonds. The summed E-state index contributed by atoms with van der Waals surface area (Å²) in [6.45, 7) is -0.0512. The highest BCUT2D eigenvalue weighted by Gasteiger charge is 2.24. The number of halogens is 2. The lowest BCUT2D eigenvalue weighted by atomic mass is 10.3. The highest BCUT2D eigenvalue weighted by Crippen LogP contribution is 2.24. The number of imidazole rings is 1. The minimum atomic E-state index is -3.99. The Balaban J connectivity index is 1.66. The van der Waals surface area contributed by atoms with Crippen molar-refractivity contribution in [3.8, 4) is 0 Å². The molecule has 7 nitrogen and oxygen atoms in total. The van der Waals surface area contributed by atoms with Crippen molar-refractivity contribution in [2.24, 2.45) is 0 Å². The van der Waals surface area contributed by atoms with Crippen LogP contribution in [0.4, 0.5) is 0 Å². The van der Waals surface area contributed by atoms with Gasteiger partial charge in [-0.15, -0.1) is 0 Å². The molecule has 11 heteroatoms. The summed E-state index contributed by atoms with van der Waals surface area (Å²) in [5, 5.41) is 0.835. The van der Waals surface area contributed by atoms with Gasteiger partial charge in [0.1, 0.15) is 5.82 Å². The number of nitrogens with zero attached hydrogens (tertiary/aromatic N) is 2. The van der Waals surface area contributed by atoms with Gasteiger partial charge in [0, 0.05) is 23.0 Å². The molecular formula is C21H17Cl2N3O4S2. The topological polar surface area (TPSA) is 98.1 Å². The van der Waals surface area contributed by atoms with Crippen LogP contribution in [-0.2, 0) is 26.5 Å². The first-order valence-electron chi connectivity index (χ1n) is 9.41. The summed E-state index contributed by atoms with van der Waals surface area (Å²) in [5.74, 6) is 0.208. The lowest BCUT2D eigenvalue weighted by Crippen LogP contribution is -2.27. The molecule has 3 aromatic carbocycles. The first-order chi connectivity index (χ1) is 15.2. The summed E-state index contributed by atoms with van der Waals surface area (Å²) in [5.41, 5.74) is 0.888. The highest BCUT2D eigenvalue weighted by atomic mass is 35.5. The Morgan fingerprint density at radius 1 is 0.781 bits per heavy atom. The Bertz CT molecular complexity index is 1480. The van der Waals surface area contributed by atoms with Crippen molar-refractivity contribution in [3.63, 3.8) is 0 Å². The third-order valence-corrected chi connectivity index (χ3v) is 8.44. The molecule has 0 aliphatic rings. The predicted octanol–water partition coefficient (Wildman–Crippen LogP) is 4.10. The Hall–Kier alpha value is -2.43. The second-order valence-electron chi connectivity index (χ2n) is 6.84. The van der Waals surface area contributed by atoms with Crippen LogP contribution in [-0.4, -0.2) is 32.3 Å². The fourth-order valence-electron chi connectivity index (χ4n) is 3.19. The lowest BCUT2D eigenvalue weighted by molar-refractivity contribution is 0.579. The van der Waals surface area contributed by atoms with Crippen LogP contribution in [0.2, 0.25) is 10.0 Å². The van der Waals surface area contributed by atoms with E-state index in [-0.39, 0.29) is 28.6 Å². The zero-order chi connectivity index (χ0) is 22.9. The minimum Gasteiger partial charge on any atom is -0.232 e. The largest absolute Gasteiger partial charge is 0.269 e. The standard InChI is InChI=1S/C21H17Cl2N3O4S2/c22-15-5-9-17(10-6-15)31(27,28)24-14-13-21-25-19-3-1-2-4-20(19)26(21)32(29,30)18-11-7-16(23)8-12-18/h1-12,24H,13-14H2. The van der Waals surface area contributed by atoms with E-state index in [0.717, 1.165) is 3.97 Å². The van der Waals surface area contributed by atoms with Crippen LogP contribution in [0.15, 0.2) is 82.6 Å². The molecule has 0 saturated heterocycles. The SMILES string of the molecule is O=S(=O)(NCCc1nc2ccccc2n1S(=O)(=O)c1ccc(Cl)cc1)c1ccc(Cl)cc1. The molecule has 0 fully saturated rings. The Labute approximate surface area is 195 Å². The van der Waals surface area contributed by atoms with Gasteiger partial charge >= 0.3 is 0 Å². The Morgan fingerprint density at radius 2 is 1.34 bits per heavy atom. The smallest absolute Gasteiger partial charge is 0.232 e. The number of para-hydroxylation sites is 2. The van der Waals surface area contributed by atoms with Crippen LogP contribution in [0, 0.1) is 0 Å². The van der Waals surface area contributed by atoms with Crippen LogP contribution >= 0.6 is 23.2 Å². The third-order valence-electron chi connectivity index (χ3n) is 4.70. The van der Waals surface area contributed by atoms with E-state index < -0.39 is 20.0 Å². The summed E-state index contributed by atoms with van der Waals surface area (Å²) >= 11 is 11.7. The Morgan fingerprint density at radius 3 is 1.97 bits per heavy atom. The number of hydrogen-bond donors (Lipinski definition) is 1. The van der Waals surface area contributed by atoms with Crippen molar-refractivity contribution >= 4 is 54.3 Å². The van der Waals surface area contributed by atoms with Gasteiger partial charge in [0.05, 0.1) is 20.8 Å². The molecule has 0 saturated carbocycles. The molecule has 1 heterocycles. The van der Waals surface area contributed by atoms with E-state index in [1.807, 2.05) is 0 Å². The molecule has 4 aromatic rings. The van der Waals surface area contributed by atoms with E-state index in [0.29, 0.717) is 21.1 Å². The maximum absolute atomic E-state index is 13.4. The third kappa shape index (κ3) is 4.53. The number of sulfonamides is 1. The van der Waals surface area contributed by atoms with Crippen molar-refractivity contribution in [2.45, 2.75) is 16.2 Å².